The Hall–Kier alpha value is -1.58. The smallest absolute Gasteiger partial charge is 0.323 e. The Morgan fingerprint density at radius 1 is 1.14 bits per heavy atom. The van der Waals surface area contributed by atoms with Gasteiger partial charge in [0.15, 0.2) is 5.41 Å². The Bertz CT molecular complexity index is 457. The fraction of sp³-hybridized carbons (Fsp3) is 0.647. The molecule has 4 nitrogen and oxygen atoms in total. The third-order valence-corrected chi connectivity index (χ3v) is 4.37. The van der Waals surface area contributed by atoms with Crippen LogP contribution in [0.4, 0.5) is 0 Å². The minimum absolute atomic E-state index is 0.205. The molecule has 1 fully saturated rings. The summed E-state index contributed by atoms with van der Waals surface area (Å²) in [6, 6.07) is 0. The number of esters is 2. The van der Waals surface area contributed by atoms with Crippen LogP contribution in [-0.2, 0) is 19.1 Å². The van der Waals surface area contributed by atoms with Gasteiger partial charge in [0.2, 0.25) is 0 Å². The molecule has 0 unspecified atom stereocenters. The summed E-state index contributed by atoms with van der Waals surface area (Å²) < 4.78 is 10.4. The fourth-order valence-corrected chi connectivity index (χ4v) is 3.40. The van der Waals surface area contributed by atoms with Crippen molar-refractivity contribution >= 4 is 11.9 Å². The number of hydrogen-bond donors (Lipinski definition) is 0. The van der Waals surface area contributed by atoms with Crippen molar-refractivity contribution < 1.29 is 19.1 Å². The average Bonchev–Trinajstić information content (AvgIpc) is 2.71. The van der Waals surface area contributed by atoms with Gasteiger partial charge >= 0.3 is 11.9 Å². The molecule has 1 saturated carbocycles. The summed E-state index contributed by atoms with van der Waals surface area (Å²) >= 11 is 0. The van der Waals surface area contributed by atoms with Gasteiger partial charge in [-0.1, -0.05) is 23.8 Å². The lowest BCUT2D eigenvalue weighted by Crippen LogP contribution is -2.40. The third kappa shape index (κ3) is 3.04. The summed E-state index contributed by atoms with van der Waals surface area (Å²) in [6.07, 6.45) is 8.37. The molecule has 0 aromatic heterocycles. The molecular weight excluding hydrogens is 268 g/mol. The standard InChI is InChI=1S/C17H24O4/c1-4-20-15(18)17(16(19)21-5-2)10-13-8-6-7-12(3)9-14(13)11-17/h6,8-9,13-14H,4-5,7,10-11H2,1-3H3/t13-,14-/m0/s1. The van der Waals surface area contributed by atoms with Gasteiger partial charge in [-0.05, 0) is 51.9 Å². The lowest BCUT2D eigenvalue weighted by molar-refractivity contribution is -0.171. The lowest BCUT2D eigenvalue weighted by Gasteiger charge is -2.24. The highest BCUT2D eigenvalue weighted by molar-refractivity contribution is 6.00. The zero-order valence-corrected chi connectivity index (χ0v) is 13.1. The highest BCUT2D eigenvalue weighted by Gasteiger charge is 2.56. The minimum atomic E-state index is -1.14. The zero-order valence-electron chi connectivity index (χ0n) is 13.1. The van der Waals surface area contributed by atoms with E-state index in [1.54, 1.807) is 13.8 Å². The molecule has 4 heteroatoms. The van der Waals surface area contributed by atoms with Gasteiger partial charge in [0.05, 0.1) is 13.2 Å². The fourth-order valence-electron chi connectivity index (χ4n) is 3.40. The number of carbonyl (C=O) groups excluding carboxylic acids is 2. The van der Waals surface area contributed by atoms with E-state index < -0.39 is 17.4 Å². The van der Waals surface area contributed by atoms with Gasteiger partial charge in [0, 0.05) is 0 Å². The van der Waals surface area contributed by atoms with E-state index in [-0.39, 0.29) is 25.0 Å². The second-order valence-electron chi connectivity index (χ2n) is 5.90. The highest BCUT2D eigenvalue weighted by Crippen LogP contribution is 2.49. The van der Waals surface area contributed by atoms with E-state index in [1.807, 2.05) is 0 Å². The van der Waals surface area contributed by atoms with Gasteiger partial charge in [-0.25, -0.2) is 0 Å². The van der Waals surface area contributed by atoms with Crippen LogP contribution in [-0.4, -0.2) is 25.2 Å². The van der Waals surface area contributed by atoms with Crippen LogP contribution in [0.5, 0.6) is 0 Å². The zero-order chi connectivity index (χ0) is 15.5. The molecule has 0 saturated heterocycles. The number of allylic oxidation sites excluding steroid dienone is 4. The van der Waals surface area contributed by atoms with E-state index in [1.165, 1.54) is 5.57 Å². The van der Waals surface area contributed by atoms with Gasteiger partial charge < -0.3 is 9.47 Å². The molecule has 2 atom stereocenters. The average molecular weight is 292 g/mol. The first-order valence-electron chi connectivity index (χ1n) is 7.72. The maximum atomic E-state index is 12.4. The van der Waals surface area contributed by atoms with Crippen LogP contribution in [0, 0.1) is 17.3 Å². The van der Waals surface area contributed by atoms with Crippen molar-refractivity contribution in [2.24, 2.45) is 17.3 Å². The minimum Gasteiger partial charge on any atom is -0.465 e. The number of hydrogen-bond acceptors (Lipinski definition) is 4. The predicted octanol–water partition coefficient (Wildman–Crippen LogP) is 3.03. The Balaban J connectivity index is 2.31. The van der Waals surface area contributed by atoms with E-state index >= 15 is 0 Å². The van der Waals surface area contributed by atoms with E-state index in [0.29, 0.717) is 12.8 Å². The molecule has 0 spiro atoms. The van der Waals surface area contributed by atoms with E-state index in [9.17, 15) is 9.59 Å². The molecule has 2 rings (SSSR count). The largest absolute Gasteiger partial charge is 0.465 e. The topological polar surface area (TPSA) is 52.6 Å². The molecule has 0 aliphatic heterocycles. The molecule has 116 valence electrons. The molecule has 0 aromatic carbocycles. The molecule has 0 bridgehead atoms. The van der Waals surface area contributed by atoms with Gasteiger partial charge in [0.1, 0.15) is 0 Å². The molecular formula is C17H24O4. The van der Waals surface area contributed by atoms with Crippen LogP contribution < -0.4 is 0 Å². The second kappa shape index (κ2) is 6.46. The first-order valence-corrected chi connectivity index (χ1v) is 7.72. The first-order chi connectivity index (χ1) is 10.0. The Kier molecular flexibility index (Phi) is 4.86. The van der Waals surface area contributed by atoms with Crippen LogP contribution >= 0.6 is 0 Å². The Labute approximate surface area is 126 Å². The molecule has 2 aliphatic rings. The first kappa shape index (κ1) is 15.8. The SMILES string of the molecule is CCOC(=O)C1(C(=O)OCC)C[C@@H]2C=CCC(C)=C[C@H]2C1. The van der Waals surface area contributed by atoms with Crippen LogP contribution in [0.1, 0.15) is 40.0 Å². The van der Waals surface area contributed by atoms with Crippen LogP contribution in [0.2, 0.25) is 0 Å². The van der Waals surface area contributed by atoms with Crippen molar-refractivity contribution in [2.75, 3.05) is 13.2 Å². The van der Waals surface area contributed by atoms with Crippen molar-refractivity contribution in [1.82, 2.24) is 0 Å². The highest BCUT2D eigenvalue weighted by atomic mass is 16.6. The molecule has 0 aromatic rings. The maximum absolute atomic E-state index is 12.4. The summed E-state index contributed by atoms with van der Waals surface area (Å²) in [5, 5.41) is 0. The normalized spacial score (nSPS) is 26.5. The molecule has 0 amide bonds. The van der Waals surface area contributed by atoms with Crippen molar-refractivity contribution in [1.29, 1.82) is 0 Å². The number of carbonyl (C=O) groups is 2. The number of ether oxygens (including phenoxy) is 2. The second-order valence-corrected chi connectivity index (χ2v) is 5.90. The van der Waals surface area contributed by atoms with Gasteiger partial charge in [0.25, 0.3) is 0 Å². The van der Waals surface area contributed by atoms with Crippen molar-refractivity contribution in [2.45, 2.75) is 40.0 Å². The summed E-state index contributed by atoms with van der Waals surface area (Å²) in [7, 11) is 0. The summed E-state index contributed by atoms with van der Waals surface area (Å²) in [4.78, 5) is 24.9. The molecule has 0 N–H and O–H groups in total. The van der Waals surface area contributed by atoms with Crippen LogP contribution in [0.3, 0.4) is 0 Å². The van der Waals surface area contributed by atoms with Gasteiger partial charge in [-0.3, -0.25) is 9.59 Å². The lowest BCUT2D eigenvalue weighted by atomic mass is 9.84. The van der Waals surface area contributed by atoms with Gasteiger partial charge in [-0.2, -0.15) is 0 Å². The van der Waals surface area contributed by atoms with E-state index in [4.69, 9.17) is 9.47 Å². The van der Waals surface area contributed by atoms with Crippen molar-refractivity contribution in [3.8, 4) is 0 Å². The molecule has 21 heavy (non-hydrogen) atoms. The van der Waals surface area contributed by atoms with Gasteiger partial charge in [-0.15, -0.1) is 0 Å². The molecule has 2 aliphatic carbocycles. The van der Waals surface area contributed by atoms with Crippen LogP contribution in [0.25, 0.3) is 0 Å². The summed E-state index contributed by atoms with van der Waals surface area (Å²) in [5.41, 5.74) is 0.141. The monoisotopic (exact) mass is 292 g/mol. The number of rotatable bonds is 4. The van der Waals surface area contributed by atoms with Crippen molar-refractivity contribution in [3.05, 3.63) is 23.8 Å². The maximum Gasteiger partial charge on any atom is 0.323 e. The number of fused-ring (bicyclic) bond motifs is 1. The summed E-state index contributed by atoms with van der Waals surface area (Å²) in [6.45, 7) is 6.16. The predicted molar refractivity (Wildman–Crippen MR) is 79.4 cm³/mol. The Morgan fingerprint density at radius 3 is 2.29 bits per heavy atom. The van der Waals surface area contributed by atoms with Crippen LogP contribution in [0.15, 0.2) is 23.8 Å². The molecule has 0 radical (unpaired) electrons. The van der Waals surface area contributed by atoms with E-state index in [0.717, 1.165) is 6.42 Å². The molecule has 0 heterocycles. The Morgan fingerprint density at radius 2 is 1.71 bits per heavy atom. The summed E-state index contributed by atoms with van der Waals surface area (Å²) in [5.74, 6) is -0.458. The third-order valence-electron chi connectivity index (χ3n) is 4.37. The van der Waals surface area contributed by atoms with Crippen molar-refractivity contribution in [3.63, 3.8) is 0 Å². The quantitative estimate of drug-likeness (QED) is 0.454. The van der Waals surface area contributed by atoms with E-state index in [2.05, 4.69) is 25.2 Å².